The maximum absolute atomic E-state index is 9.10. The Morgan fingerprint density at radius 3 is 1.75 bits per heavy atom. The summed E-state index contributed by atoms with van der Waals surface area (Å²) in [6.07, 6.45) is 0. The van der Waals surface area contributed by atoms with E-state index in [0.29, 0.717) is 5.02 Å². The molecule has 106 valence electrons. The van der Waals surface area contributed by atoms with Crippen LogP contribution in [0.3, 0.4) is 0 Å². The molecule has 0 fully saturated rings. The van der Waals surface area contributed by atoms with E-state index in [4.69, 9.17) is 29.7 Å². The zero-order chi connectivity index (χ0) is 15.6. The van der Waals surface area contributed by atoms with Gasteiger partial charge in [0.1, 0.15) is 7.85 Å². The molecule has 0 aliphatic carbocycles. The lowest BCUT2D eigenvalue weighted by Gasteiger charge is -2.31. The molecule has 2 N–H and O–H groups in total. The fraction of sp³-hybridized carbons (Fsp3) is 0.375. The summed E-state index contributed by atoms with van der Waals surface area (Å²) >= 11 is 5.98. The molecule has 20 heavy (non-hydrogen) atoms. The van der Waals surface area contributed by atoms with E-state index in [1.807, 2.05) is 36.4 Å². The zero-order valence-corrected chi connectivity index (χ0v) is 13.1. The van der Waals surface area contributed by atoms with E-state index in [1.165, 1.54) is 0 Å². The third kappa shape index (κ3) is 4.24. The first-order valence-corrected chi connectivity index (χ1v) is 6.79. The Morgan fingerprint density at radius 2 is 1.35 bits per heavy atom. The lowest BCUT2D eigenvalue weighted by Crippen LogP contribution is -2.44. The molecular formula is C16H20BClO2. The molecule has 0 bridgehead atoms. The van der Waals surface area contributed by atoms with Crippen LogP contribution in [-0.4, -0.2) is 29.3 Å². The molecule has 2 rings (SSSR count). The Balaban J connectivity index is 0.000000221. The summed E-state index contributed by atoms with van der Waals surface area (Å²) in [6, 6.07) is 11.5. The lowest BCUT2D eigenvalue weighted by atomic mass is 9.90. The van der Waals surface area contributed by atoms with Crippen molar-refractivity contribution in [2.24, 2.45) is 0 Å². The molecule has 0 atom stereocenters. The topological polar surface area (TPSA) is 40.5 Å². The molecule has 2 aromatic rings. The molecule has 4 heteroatoms. The highest BCUT2D eigenvalue weighted by atomic mass is 35.5. The van der Waals surface area contributed by atoms with Crippen molar-refractivity contribution in [2.75, 3.05) is 0 Å². The van der Waals surface area contributed by atoms with Crippen LogP contribution in [-0.2, 0) is 0 Å². The maximum Gasteiger partial charge on any atom is 0.114 e. The molecule has 0 unspecified atom stereocenters. The highest BCUT2D eigenvalue weighted by Crippen LogP contribution is 2.20. The summed E-state index contributed by atoms with van der Waals surface area (Å²) in [5.74, 6) is 0. The molecule has 0 spiro atoms. The van der Waals surface area contributed by atoms with Crippen LogP contribution in [0.4, 0.5) is 0 Å². The highest BCUT2D eigenvalue weighted by molar-refractivity contribution is 6.45. The van der Waals surface area contributed by atoms with E-state index in [-0.39, 0.29) is 0 Å². The van der Waals surface area contributed by atoms with Gasteiger partial charge in [0.05, 0.1) is 11.2 Å². The van der Waals surface area contributed by atoms with E-state index in [0.717, 1.165) is 16.2 Å². The summed E-state index contributed by atoms with van der Waals surface area (Å²) in [5, 5.41) is 21.0. The predicted molar refractivity (Wildman–Crippen MR) is 86.9 cm³/mol. The minimum Gasteiger partial charge on any atom is -0.387 e. The largest absolute Gasteiger partial charge is 0.387 e. The number of halogens is 1. The van der Waals surface area contributed by atoms with Crippen LogP contribution >= 0.6 is 11.6 Å². The second kappa shape index (κ2) is 6.17. The third-order valence-electron chi connectivity index (χ3n) is 3.38. The van der Waals surface area contributed by atoms with Gasteiger partial charge in [-0.1, -0.05) is 47.4 Å². The Kier molecular flexibility index (Phi) is 5.25. The lowest BCUT2D eigenvalue weighted by molar-refractivity contribution is -0.107. The van der Waals surface area contributed by atoms with E-state index in [1.54, 1.807) is 27.7 Å². The maximum atomic E-state index is 9.10. The minimum atomic E-state index is -1.01. The van der Waals surface area contributed by atoms with Crippen molar-refractivity contribution < 1.29 is 10.2 Å². The first kappa shape index (κ1) is 17.0. The average molecular weight is 291 g/mol. The van der Waals surface area contributed by atoms with Gasteiger partial charge in [-0.25, -0.2) is 0 Å². The van der Waals surface area contributed by atoms with E-state index < -0.39 is 11.2 Å². The fourth-order valence-electron chi connectivity index (χ4n) is 1.32. The second-order valence-electron chi connectivity index (χ2n) is 5.80. The van der Waals surface area contributed by atoms with Crippen molar-refractivity contribution in [1.82, 2.24) is 0 Å². The molecule has 0 aliphatic rings. The van der Waals surface area contributed by atoms with Crippen LogP contribution in [0.5, 0.6) is 0 Å². The van der Waals surface area contributed by atoms with Crippen molar-refractivity contribution in [3.05, 3.63) is 41.4 Å². The zero-order valence-electron chi connectivity index (χ0n) is 12.3. The Bertz CT molecular complexity index is 534. The van der Waals surface area contributed by atoms with Gasteiger partial charge < -0.3 is 10.2 Å². The number of hydrogen-bond donors (Lipinski definition) is 2. The molecule has 2 radical (unpaired) electrons. The van der Waals surface area contributed by atoms with Crippen LogP contribution in [0, 0.1) is 0 Å². The molecule has 0 saturated heterocycles. The monoisotopic (exact) mass is 290 g/mol. The summed E-state index contributed by atoms with van der Waals surface area (Å²) in [4.78, 5) is 0. The number of rotatable bonds is 1. The summed E-state index contributed by atoms with van der Waals surface area (Å²) in [6.45, 7) is 6.31. The summed E-state index contributed by atoms with van der Waals surface area (Å²) in [5.41, 5.74) is -1.28. The van der Waals surface area contributed by atoms with Crippen molar-refractivity contribution in [3.8, 4) is 0 Å². The van der Waals surface area contributed by atoms with E-state index in [2.05, 4.69) is 0 Å². The molecule has 2 nitrogen and oxygen atoms in total. The van der Waals surface area contributed by atoms with Gasteiger partial charge in [-0.05, 0) is 44.5 Å². The molecule has 0 aliphatic heterocycles. The molecule has 0 saturated carbocycles. The summed E-state index contributed by atoms with van der Waals surface area (Å²) in [7, 11) is 5.77. The molecular weight excluding hydrogens is 270 g/mol. The standard InChI is InChI=1S/C10H6BCl.C6H14O2/c11-8-5-1-3-7-4-2-6-9(12)10(7)8;1-5(2,7)6(3,4)8/h1-6H;7-8H,1-4H3. The minimum absolute atomic E-state index is 0.714. The van der Waals surface area contributed by atoms with Gasteiger partial charge in [0, 0.05) is 5.02 Å². The second-order valence-corrected chi connectivity index (χ2v) is 6.21. The quantitative estimate of drug-likeness (QED) is 0.793. The van der Waals surface area contributed by atoms with Gasteiger partial charge >= 0.3 is 0 Å². The normalized spacial score (nSPS) is 11.9. The van der Waals surface area contributed by atoms with Crippen molar-refractivity contribution in [2.45, 2.75) is 38.9 Å². The number of hydrogen-bond acceptors (Lipinski definition) is 2. The van der Waals surface area contributed by atoms with Crippen molar-refractivity contribution >= 4 is 35.7 Å². The van der Waals surface area contributed by atoms with Gasteiger partial charge in [-0.15, -0.1) is 0 Å². The van der Waals surface area contributed by atoms with Crippen molar-refractivity contribution in [1.29, 1.82) is 0 Å². The number of benzene rings is 2. The third-order valence-corrected chi connectivity index (χ3v) is 3.70. The van der Waals surface area contributed by atoms with Gasteiger partial charge in [0.2, 0.25) is 0 Å². The Labute approximate surface area is 126 Å². The van der Waals surface area contributed by atoms with Crippen LogP contribution in [0.15, 0.2) is 36.4 Å². The van der Waals surface area contributed by atoms with Crippen LogP contribution in [0.1, 0.15) is 27.7 Å². The predicted octanol–water partition coefficient (Wildman–Crippen LogP) is 2.82. The smallest absolute Gasteiger partial charge is 0.114 e. The van der Waals surface area contributed by atoms with Gasteiger partial charge in [0.15, 0.2) is 0 Å². The van der Waals surface area contributed by atoms with E-state index in [9.17, 15) is 0 Å². The fourth-order valence-corrected chi connectivity index (χ4v) is 1.61. The molecule has 2 aromatic carbocycles. The van der Waals surface area contributed by atoms with Crippen LogP contribution in [0.2, 0.25) is 5.02 Å². The van der Waals surface area contributed by atoms with Crippen LogP contribution < -0.4 is 5.46 Å². The highest BCUT2D eigenvalue weighted by Gasteiger charge is 2.31. The van der Waals surface area contributed by atoms with Crippen molar-refractivity contribution in [3.63, 3.8) is 0 Å². The first-order valence-electron chi connectivity index (χ1n) is 6.41. The van der Waals surface area contributed by atoms with Gasteiger partial charge in [-0.3, -0.25) is 0 Å². The van der Waals surface area contributed by atoms with Crippen LogP contribution in [0.25, 0.3) is 10.8 Å². The Morgan fingerprint density at radius 1 is 0.900 bits per heavy atom. The van der Waals surface area contributed by atoms with E-state index >= 15 is 0 Å². The number of fused-ring (bicyclic) bond motifs is 1. The Hall–Kier alpha value is -1.03. The summed E-state index contributed by atoms with van der Waals surface area (Å²) < 4.78 is 0. The average Bonchev–Trinajstić information content (AvgIpc) is 2.27. The number of aliphatic hydroxyl groups is 2. The SMILES string of the molecule is CC(C)(O)C(C)(C)O.[B]c1cccc2cccc(Cl)c12. The molecule has 0 aromatic heterocycles. The van der Waals surface area contributed by atoms with Gasteiger partial charge in [0.25, 0.3) is 0 Å². The molecule has 0 amide bonds. The molecule has 0 heterocycles. The van der Waals surface area contributed by atoms with Gasteiger partial charge in [-0.2, -0.15) is 0 Å². The first-order chi connectivity index (χ1) is 9.04.